The van der Waals surface area contributed by atoms with E-state index in [1.807, 2.05) is 18.2 Å². The predicted molar refractivity (Wildman–Crippen MR) is 117 cm³/mol. The molecule has 3 aromatic rings. The van der Waals surface area contributed by atoms with E-state index in [-0.39, 0.29) is 12.7 Å². The van der Waals surface area contributed by atoms with Crippen LogP contribution in [0.1, 0.15) is 15.9 Å². The molecule has 2 aromatic carbocycles. The average molecular weight is 452 g/mol. The van der Waals surface area contributed by atoms with Crippen LogP contribution in [0.2, 0.25) is 0 Å². The highest BCUT2D eigenvalue weighted by Crippen LogP contribution is 2.32. The maximum atomic E-state index is 12.9. The van der Waals surface area contributed by atoms with E-state index >= 15 is 0 Å². The predicted octanol–water partition coefficient (Wildman–Crippen LogP) is 0.122. The number of aliphatic hydroxyl groups excluding tert-OH is 1. The lowest BCUT2D eigenvalue weighted by Gasteiger charge is -2.36. The minimum absolute atomic E-state index is 0.247. The number of aromatic amines is 1. The smallest absolute Gasteiger partial charge is 0.252 e. The molecule has 11 nitrogen and oxygen atoms in total. The maximum absolute atomic E-state index is 12.9. The fourth-order valence-corrected chi connectivity index (χ4v) is 4.05. The summed E-state index contributed by atoms with van der Waals surface area (Å²) in [6, 6.07) is 9.75. The fourth-order valence-electron chi connectivity index (χ4n) is 4.05. The first kappa shape index (κ1) is 21.2. The molecule has 5 rings (SSSR count). The Morgan fingerprint density at radius 1 is 1.03 bits per heavy atom. The summed E-state index contributed by atoms with van der Waals surface area (Å²) in [5.41, 5.74) is 2.65. The molecule has 0 saturated carbocycles. The molecule has 0 spiro atoms. The molecular weight excluding hydrogens is 428 g/mol. The molecule has 0 unspecified atom stereocenters. The lowest BCUT2D eigenvalue weighted by molar-refractivity contribution is -0.136. The van der Waals surface area contributed by atoms with Crippen LogP contribution in [-0.2, 0) is 11.3 Å². The van der Waals surface area contributed by atoms with Gasteiger partial charge in [-0.2, -0.15) is 15.4 Å². The second-order valence-corrected chi connectivity index (χ2v) is 8.02. The van der Waals surface area contributed by atoms with Gasteiger partial charge in [-0.25, -0.2) is 0 Å². The first-order valence-electron chi connectivity index (χ1n) is 10.7. The van der Waals surface area contributed by atoms with Gasteiger partial charge in [0.15, 0.2) is 11.5 Å². The summed E-state index contributed by atoms with van der Waals surface area (Å²) in [5, 5.41) is 22.8. The van der Waals surface area contributed by atoms with Gasteiger partial charge in [-0.3, -0.25) is 14.5 Å². The lowest BCUT2D eigenvalue weighted by Crippen LogP contribution is -2.55. The van der Waals surface area contributed by atoms with Gasteiger partial charge >= 0.3 is 0 Å². The summed E-state index contributed by atoms with van der Waals surface area (Å²) >= 11 is 0. The monoisotopic (exact) mass is 452 g/mol. The van der Waals surface area contributed by atoms with E-state index in [0.29, 0.717) is 42.8 Å². The molecule has 3 N–H and O–H groups in total. The van der Waals surface area contributed by atoms with Crippen LogP contribution in [0.5, 0.6) is 11.5 Å². The molecule has 1 fully saturated rings. The molecule has 1 atom stereocenters. The van der Waals surface area contributed by atoms with Gasteiger partial charge in [-0.15, -0.1) is 0 Å². The van der Waals surface area contributed by atoms with Crippen molar-refractivity contribution in [2.24, 2.45) is 0 Å². The zero-order valence-electron chi connectivity index (χ0n) is 17.9. The SMILES string of the molecule is O=C(N[C@@H](CO)C(=O)N1CCN(Cc2ccc3c(c2)OCO3)CC1)c1ccc2n[nH]nc2c1. The topological polar surface area (TPSA) is 133 Å². The van der Waals surface area contributed by atoms with E-state index in [4.69, 9.17) is 9.47 Å². The van der Waals surface area contributed by atoms with Crippen molar-refractivity contribution < 1.29 is 24.2 Å². The summed E-state index contributed by atoms with van der Waals surface area (Å²) in [7, 11) is 0. The Labute approximate surface area is 189 Å². The molecule has 1 aromatic heterocycles. The third-order valence-corrected chi connectivity index (χ3v) is 5.89. The number of ether oxygens (including phenoxy) is 2. The van der Waals surface area contributed by atoms with Crippen molar-refractivity contribution in [2.75, 3.05) is 39.6 Å². The molecule has 0 aliphatic carbocycles. The van der Waals surface area contributed by atoms with E-state index in [2.05, 4.69) is 25.6 Å². The lowest BCUT2D eigenvalue weighted by atomic mass is 10.1. The Kier molecular flexibility index (Phi) is 5.80. The van der Waals surface area contributed by atoms with E-state index < -0.39 is 18.6 Å². The van der Waals surface area contributed by atoms with E-state index in [1.165, 1.54) is 0 Å². The number of nitrogens with zero attached hydrogens (tertiary/aromatic N) is 4. The third kappa shape index (κ3) is 4.45. The highest BCUT2D eigenvalue weighted by Gasteiger charge is 2.29. The van der Waals surface area contributed by atoms with Crippen LogP contribution in [0.4, 0.5) is 0 Å². The van der Waals surface area contributed by atoms with Gasteiger partial charge in [0.05, 0.1) is 6.61 Å². The average Bonchev–Trinajstić information content (AvgIpc) is 3.51. The first-order valence-corrected chi connectivity index (χ1v) is 10.7. The number of carbonyl (C=O) groups excluding carboxylic acids is 2. The molecule has 11 heteroatoms. The Hall–Kier alpha value is -3.70. The van der Waals surface area contributed by atoms with Crippen LogP contribution in [0, 0.1) is 0 Å². The Morgan fingerprint density at radius 3 is 2.64 bits per heavy atom. The number of fused-ring (bicyclic) bond motifs is 2. The number of aromatic nitrogens is 3. The second-order valence-electron chi connectivity index (χ2n) is 8.02. The van der Waals surface area contributed by atoms with Gasteiger partial charge in [0.2, 0.25) is 12.7 Å². The van der Waals surface area contributed by atoms with Crippen LogP contribution in [0.3, 0.4) is 0 Å². The van der Waals surface area contributed by atoms with Gasteiger partial charge < -0.3 is 24.8 Å². The zero-order chi connectivity index (χ0) is 22.8. The molecule has 2 aliphatic heterocycles. The molecule has 2 amide bonds. The summed E-state index contributed by atoms with van der Waals surface area (Å²) in [4.78, 5) is 29.5. The normalized spacial score (nSPS) is 16.7. The van der Waals surface area contributed by atoms with Crippen LogP contribution in [-0.4, -0.2) is 87.8 Å². The van der Waals surface area contributed by atoms with Crippen molar-refractivity contribution in [1.82, 2.24) is 30.5 Å². The van der Waals surface area contributed by atoms with Gasteiger partial charge in [-0.1, -0.05) is 6.07 Å². The molecule has 2 aliphatic rings. The Morgan fingerprint density at radius 2 is 1.82 bits per heavy atom. The summed E-state index contributed by atoms with van der Waals surface area (Å²) in [6.07, 6.45) is 0. The van der Waals surface area contributed by atoms with Gasteiger partial charge in [0.1, 0.15) is 17.1 Å². The van der Waals surface area contributed by atoms with Crippen molar-refractivity contribution in [2.45, 2.75) is 12.6 Å². The fraction of sp³-hybridized carbons (Fsp3) is 0.364. The van der Waals surface area contributed by atoms with Crippen LogP contribution in [0.25, 0.3) is 11.0 Å². The minimum atomic E-state index is -1.01. The second kappa shape index (κ2) is 9.04. The molecule has 0 bridgehead atoms. The maximum Gasteiger partial charge on any atom is 0.252 e. The zero-order valence-corrected chi connectivity index (χ0v) is 17.9. The first-order chi connectivity index (χ1) is 16.1. The number of carbonyl (C=O) groups is 2. The highest BCUT2D eigenvalue weighted by atomic mass is 16.7. The largest absolute Gasteiger partial charge is 0.454 e. The Bertz CT molecular complexity index is 1170. The number of piperazine rings is 1. The van der Waals surface area contributed by atoms with Crippen molar-refractivity contribution in [1.29, 1.82) is 0 Å². The highest BCUT2D eigenvalue weighted by molar-refractivity contribution is 5.99. The third-order valence-electron chi connectivity index (χ3n) is 5.89. The summed E-state index contributed by atoms with van der Waals surface area (Å²) < 4.78 is 10.8. The van der Waals surface area contributed by atoms with Gasteiger partial charge in [0, 0.05) is 38.3 Å². The number of aliphatic hydroxyl groups is 1. The van der Waals surface area contributed by atoms with Crippen molar-refractivity contribution in [3.05, 3.63) is 47.5 Å². The molecule has 33 heavy (non-hydrogen) atoms. The van der Waals surface area contributed by atoms with Gasteiger partial charge in [0.25, 0.3) is 5.91 Å². The quantitative estimate of drug-likeness (QED) is 0.481. The van der Waals surface area contributed by atoms with Crippen molar-refractivity contribution in [3.63, 3.8) is 0 Å². The molecule has 0 radical (unpaired) electrons. The number of hydrogen-bond acceptors (Lipinski definition) is 8. The van der Waals surface area contributed by atoms with E-state index in [0.717, 1.165) is 23.6 Å². The van der Waals surface area contributed by atoms with Crippen molar-refractivity contribution in [3.8, 4) is 11.5 Å². The van der Waals surface area contributed by atoms with Crippen LogP contribution >= 0.6 is 0 Å². The van der Waals surface area contributed by atoms with E-state index in [9.17, 15) is 14.7 Å². The number of rotatable bonds is 6. The standard InChI is InChI=1S/C22H24N6O5/c29-12-18(23-21(30)15-2-3-16-17(10-15)25-26-24-16)22(31)28-7-5-27(6-8-28)11-14-1-4-19-20(9-14)33-13-32-19/h1-4,9-10,18,29H,5-8,11-13H2,(H,23,30)(H,24,25,26)/t18-/m0/s1. The summed E-state index contributed by atoms with van der Waals surface area (Å²) in [5.74, 6) is 0.766. The minimum Gasteiger partial charge on any atom is -0.454 e. The molecular formula is C22H24N6O5. The number of H-pyrrole nitrogens is 1. The molecule has 1 saturated heterocycles. The Balaban J connectivity index is 1.15. The number of nitrogens with one attached hydrogen (secondary N) is 2. The van der Waals surface area contributed by atoms with Crippen LogP contribution in [0.15, 0.2) is 36.4 Å². The summed E-state index contributed by atoms with van der Waals surface area (Å²) in [6.45, 7) is 2.92. The van der Waals surface area contributed by atoms with E-state index in [1.54, 1.807) is 23.1 Å². The van der Waals surface area contributed by atoms with Crippen LogP contribution < -0.4 is 14.8 Å². The number of amides is 2. The van der Waals surface area contributed by atoms with Crippen molar-refractivity contribution >= 4 is 22.8 Å². The number of hydrogen-bond donors (Lipinski definition) is 3. The molecule has 172 valence electrons. The number of benzene rings is 2. The van der Waals surface area contributed by atoms with Gasteiger partial charge in [-0.05, 0) is 35.9 Å². The molecule has 3 heterocycles.